The third-order valence-electron chi connectivity index (χ3n) is 3.86. The number of hydrogen-bond acceptors (Lipinski definition) is 6. The first-order valence-electron chi connectivity index (χ1n) is 8.12. The smallest absolute Gasteiger partial charge is 0.228 e. The second kappa shape index (κ2) is 7.42. The van der Waals surface area contributed by atoms with Gasteiger partial charge in [-0.25, -0.2) is 0 Å². The van der Waals surface area contributed by atoms with Crippen molar-refractivity contribution in [3.8, 4) is 23.0 Å². The van der Waals surface area contributed by atoms with Gasteiger partial charge in [0.1, 0.15) is 11.5 Å². The molecule has 0 spiro atoms. The number of phenols is 2. The number of phenolic OH excluding ortho intramolecular Hbond substituents is 2. The number of piperazine rings is 1. The summed E-state index contributed by atoms with van der Waals surface area (Å²) in [5.41, 5.74) is 1.12. The van der Waals surface area contributed by atoms with Crippen LogP contribution >= 0.6 is 0 Å². The Morgan fingerprint density at radius 2 is 1.36 bits per heavy atom. The molecule has 4 N–H and O–H groups in total. The van der Waals surface area contributed by atoms with Crippen LogP contribution in [0, 0.1) is 0 Å². The minimum atomic E-state index is -0.179. The van der Waals surface area contributed by atoms with Crippen molar-refractivity contribution in [2.45, 2.75) is 6.92 Å². The highest BCUT2D eigenvalue weighted by molar-refractivity contribution is 6.03. The second-order valence-corrected chi connectivity index (χ2v) is 5.76. The summed E-state index contributed by atoms with van der Waals surface area (Å²) in [6.07, 6.45) is 0. The van der Waals surface area contributed by atoms with E-state index < -0.39 is 0 Å². The molecule has 7 heteroatoms. The van der Waals surface area contributed by atoms with Gasteiger partial charge >= 0.3 is 0 Å². The van der Waals surface area contributed by atoms with E-state index in [1.165, 1.54) is 36.1 Å². The van der Waals surface area contributed by atoms with Crippen molar-refractivity contribution in [1.29, 1.82) is 0 Å². The van der Waals surface area contributed by atoms with E-state index in [4.69, 9.17) is 4.74 Å². The maximum atomic E-state index is 11.8. The van der Waals surface area contributed by atoms with Gasteiger partial charge in [-0.15, -0.1) is 0 Å². The van der Waals surface area contributed by atoms with Crippen molar-refractivity contribution < 1.29 is 19.7 Å². The van der Waals surface area contributed by atoms with Gasteiger partial charge in [0.05, 0.1) is 11.4 Å². The highest BCUT2D eigenvalue weighted by Gasteiger charge is 2.27. The summed E-state index contributed by atoms with van der Waals surface area (Å²) in [5.74, 6) is 0.653. The van der Waals surface area contributed by atoms with Crippen molar-refractivity contribution in [2.75, 3.05) is 31.1 Å². The third kappa shape index (κ3) is 3.84. The molecule has 0 bridgehead atoms. The van der Waals surface area contributed by atoms with Gasteiger partial charge in [0.15, 0.2) is 11.5 Å². The van der Waals surface area contributed by atoms with Crippen molar-refractivity contribution in [1.82, 2.24) is 10.6 Å². The number of amides is 1. The van der Waals surface area contributed by atoms with Gasteiger partial charge in [0.2, 0.25) is 5.91 Å². The zero-order valence-corrected chi connectivity index (χ0v) is 14.0. The number of carbonyl (C=O) groups is 1. The molecule has 0 radical (unpaired) electrons. The Labute approximate surface area is 145 Å². The fraction of sp³-hybridized carbons (Fsp3) is 0.278. The number of rotatable bonds is 0. The number of nitrogens with one attached hydrogen (secondary N) is 2. The van der Waals surface area contributed by atoms with Crippen LogP contribution in [0.1, 0.15) is 6.92 Å². The summed E-state index contributed by atoms with van der Waals surface area (Å²) in [5, 5.41) is 25.4. The first kappa shape index (κ1) is 17.1. The molecule has 1 saturated heterocycles. The topological polar surface area (TPSA) is 94.1 Å². The molecule has 2 aromatic rings. The zero-order chi connectivity index (χ0) is 17.8. The van der Waals surface area contributed by atoms with Gasteiger partial charge in [0, 0.05) is 45.2 Å². The highest BCUT2D eigenvalue weighted by atomic mass is 16.5. The molecule has 0 saturated carbocycles. The third-order valence-corrected chi connectivity index (χ3v) is 3.86. The molecule has 7 nitrogen and oxygen atoms in total. The summed E-state index contributed by atoms with van der Waals surface area (Å²) < 4.78 is 5.61. The fourth-order valence-corrected chi connectivity index (χ4v) is 2.73. The van der Waals surface area contributed by atoms with Crippen molar-refractivity contribution in [3.05, 3.63) is 36.4 Å². The number of fused-ring (bicyclic) bond motifs is 2. The Hall–Kier alpha value is -2.77. The molecule has 1 amide bonds. The fourth-order valence-electron chi connectivity index (χ4n) is 2.73. The predicted octanol–water partition coefficient (Wildman–Crippen LogP) is 2.07. The minimum Gasteiger partial charge on any atom is -0.508 e. The quantitative estimate of drug-likeness (QED) is 0.585. The van der Waals surface area contributed by atoms with E-state index in [0.717, 1.165) is 26.2 Å². The highest BCUT2D eigenvalue weighted by Crippen LogP contribution is 2.48. The Bertz CT molecular complexity index is 712. The summed E-state index contributed by atoms with van der Waals surface area (Å²) in [6, 6.07) is 9.06. The lowest BCUT2D eigenvalue weighted by molar-refractivity contribution is -0.115. The number of aromatic hydroxyl groups is 2. The van der Waals surface area contributed by atoms with Crippen LogP contribution < -0.4 is 20.3 Å². The molecule has 2 aromatic carbocycles. The van der Waals surface area contributed by atoms with Crippen LogP contribution in [-0.4, -0.2) is 42.3 Å². The predicted molar refractivity (Wildman–Crippen MR) is 94.8 cm³/mol. The maximum absolute atomic E-state index is 11.8. The van der Waals surface area contributed by atoms with Gasteiger partial charge in [-0.05, 0) is 24.3 Å². The van der Waals surface area contributed by atoms with E-state index in [1.807, 2.05) is 0 Å². The SMILES string of the molecule is C1CNCCN1.CC(=O)N1c2ccc(O)cc2Oc2cc(O)ccc21. The number of hydrogen-bond donors (Lipinski definition) is 4. The van der Waals surface area contributed by atoms with E-state index >= 15 is 0 Å². The molecule has 0 aliphatic carbocycles. The van der Waals surface area contributed by atoms with E-state index in [9.17, 15) is 15.0 Å². The summed E-state index contributed by atoms with van der Waals surface area (Å²) in [4.78, 5) is 13.3. The Kier molecular flexibility index (Phi) is 5.06. The molecule has 2 heterocycles. The molecule has 4 rings (SSSR count). The summed E-state index contributed by atoms with van der Waals surface area (Å²) in [6.45, 7) is 6.00. The lowest BCUT2D eigenvalue weighted by Gasteiger charge is -2.30. The van der Waals surface area contributed by atoms with E-state index in [1.54, 1.807) is 12.1 Å². The van der Waals surface area contributed by atoms with Crippen LogP contribution in [0.15, 0.2) is 36.4 Å². The molecular formula is C18H21N3O4. The van der Waals surface area contributed by atoms with E-state index in [-0.39, 0.29) is 17.4 Å². The Morgan fingerprint density at radius 3 is 1.72 bits per heavy atom. The van der Waals surface area contributed by atoms with Crippen LogP contribution in [0.5, 0.6) is 23.0 Å². The van der Waals surface area contributed by atoms with Crippen LogP contribution in [0.25, 0.3) is 0 Å². The van der Waals surface area contributed by atoms with Crippen LogP contribution in [0.2, 0.25) is 0 Å². The normalized spacial score (nSPS) is 15.2. The molecule has 25 heavy (non-hydrogen) atoms. The molecule has 2 aliphatic rings. The molecular weight excluding hydrogens is 322 g/mol. The number of carbonyl (C=O) groups excluding carboxylic acids is 1. The molecule has 132 valence electrons. The van der Waals surface area contributed by atoms with Crippen molar-refractivity contribution >= 4 is 17.3 Å². The van der Waals surface area contributed by atoms with Crippen LogP contribution in [-0.2, 0) is 4.79 Å². The largest absolute Gasteiger partial charge is 0.508 e. The summed E-state index contributed by atoms with van der Waals surface area (Å²) in [7, 11) is 0. The van der Waals surface area contributed by atoms with Crippen molar-refractivity contribution in [2.24, 2.45) is 0 Å². The molecule has 0 unspecified atom stereocenters. The second-order valence-electron chi connectivity index (χ2n) is 5.76. The van der Waals surface area contributed by atoms with Gasteiger partial charge in [-0.3, -0.25) is 9.69 Å². The van der Waals surface area contributed by atoms with Gasteiger partial charge in [-0.1, -0.05) is 0 Å². The Balaban J connectivity index is 0.000000258. The number of anilines is 2. The lowest BCUT2D eigenvalue weighted by atomic mass is 10.1. The van der Waals surface area contributed by atoms with E-state index in [2.05, 4.69) is 10.6 Å². The number of ether oxygens (including phenoxy) is 1. The molecule has 2 aliphatic heterocycles. The molecule has 0 aromatic heterocycles. The first-order chi connectivity index (χ1) is 12.1. The van der Waals surface area contributed by atoms with Gasteiger partial charge < -0.3 is 25.6 Å². The average Bonchev–Trinajstić information content (AvgIpc) is 2.61. The Morgan fingerprint density at radius 1 is 0.920 bits per heavy atom. The number of benzene rings is 2. The van der Waals surface area contributed by atoms with Crippen LogP contribution in [0.3, 0.4) is 0 Å². The monoisotopic (exact) mass is 343 g/mol. The lowest BCUT2D eigenvalue weighted by Crippen LogP contribution is -2.39. The number of nitrogens with zero attached hydrogens (tertiary/aromatic N) is 1. The minimum absolute atomic E-state index is 0.0471. The first-order valence-corrected chi connectivity index (χ1v) is 8.12. The van der Waals surface area contributed by atoms with Gasteiger partial charge in [-0.2, -0.15) is 0 Å². The summed E-state index contributed by atoms with van der Waals surface area (Å²) >= 11 is 0. The van der Waals surface area contributed by atoms with Crippen LogP contribution in [0.4, 0.5) is 11.4 Å². The maximum Gasteiger partial charge on any atom is 0.228 e. The zero-order valence-electron chi connectivity index (χ0n) is 14.0. The molecule has 1 fully saturated rings. The van der Waals surface area contributed by atoms with E-state index in [0.29, 0.717) is 22.9 Å². The van der Waals surface area contributed by atoms with Crippen molar-refractivity contribution in [3.63, 3.8) is 0 Å². The molecule has 0 atom stereocenters. The standard InChI is InChI=1S/C14H11NO4.C4H10N2/c1-8(16)15-11-4-2-9(17)6-13(11)19-14-7-10(18)3-5-12(14)15;1-2-6-4-3-5-1/h2-7,17-18H,1H3;5-6H,1-4H2. The average molecular weight is 343 g/mol. The van der Waals surface area contributed by atoms with Gasteiger partial charge in [0.25, 0.3) is 0 Å².